The highest BCUT2D eigenvalue weighted by molar-refractivity contribution is 6.09. The first-order valence-corrected chi connectivity index (χ1v) is 11.0. The molecule has 0 unspecified atom stereocenters. The fourth-order valence-electron chi connectivity index (χ4n) is 5.52. The number of methoxy groups -OCH3 is 4. The number of benzene rings is 1. The Hall–Kier alpha value is -4.28. The summed E-state index contributed by atoms with van der Waals surface area (Å²) in [6.07, 6.45) is 2.23. The first-order chi connectivity index (χ1) is 16.9. The predicted octanol–water partition coefficient (Wildman–Crippen LogP) is 2.20. The molecule has 11 heteroatoms. The van der Waals surface area contributed by atoms with Crippen LogP contribution in [0.25, 0.3) is 10.9 Å². The molecule has 1 saturated carbocycles. The van der Waals surface area contributed by atoms with Crippen molar-refractivity contribution in [2.75, 3.05) is 35.0 Å². The first kappa shape index (κ1) is 21.3. The van der Waals surface area contributed by atoms with Gasteiger partial charge in [0.15, 0.2) is 11.5 Å². The molecule has 11 nitrogen and oxygen atoms in total. The Bertz CT molecular complexity index is 1480. The van der Waals surface area contributed by atoms with E-state index in [4.69, 9.17) is 18.9 Å². The van der Waals surface area contributed by atoms with Crippen LogP contribution in [0.1, 0.15) is 43.7 Å². The number of carbonyl (C=O) groups excluding carboxylic acids is 3. The van der Waals surface area contributed by atoms with E-state index in [1.54, 1.807) is 17.0 Å². The van der Waals surface area contributed by atoms with E-state index >= 15 is 0 Å². The number of carbonyl (C=O) groups is 3. The van der Waals surface area contributed by atoms with Crippen molar-refractivity contribution >= 4 is 28.6 Å². The maximum absolute atomic E-state index is 13.7. The van der Waals surface area contributed by atoms with E-state index in [0.29, 0.717) is 51.8 Å². The van der Waals surface area contributed by atoms with Crippen LogP contribution in [-0.4, -0.2) is 72.5 Å². The van der Waals surface area contributed by atoms with Crippen LogP contribution in [0.5, 0.6) is 17.2 Å². The normalized spacial score (nSPS) is 21.7. The lowest BCUT2D eigenvalue weighted by atomic mass is 9.88. The Balaban J connectivity index is 1.40. The Kier molecular flexibility index (Phi) is 4.32. The Morgan fingerprint density at radius 2 is 1.86 bits per heavy atom. The van der Waals surface area contributed by atoms with Crippen molar-refractivity contribution in [3.05, 3.63) is 46.8 Å². The topological polar surface area (TPSA) is 136 Å². The van der Waals surface area contributed by atoms with Gasteiger partial charge in [-0.05, 0) is 24.5 Å². The number of nitrogens with zero attached hydrogens (tertiary/aromatic N) is 2. The standard InChI is InChI=1S/C24H22N4O7/c1-32-14-6-10-5-12(25-16(10)19(34-3)18(14)33-2)22(30)28-9-11-8-24(11)15(28)7-13(29)17-20(24)27-21(26-17)23(31)35-4/h5-7,11,25H,8-9H2,1-4H3,(H,26,27)/t11-,24+/m1/s1. The Labute approximate surface area is 199 Å². The second kappa shape index (κ2) is 7.11. The van der Waals surface area contributed by atoms with Gasteiger partial charge >= 0.3 is 5.97 Å². The molecule has 2 aliphatic carbocycles. The van der Waals surface area contributed by atoms with Gasteiger partial charge in [-0.2, -0.15) is 0 Å². The number of H-pyrrole nitrogens is 2. The van der Waals surface area contributed by atoms with Crippen LogP contribution in [0.15, 0.2) is 23.9 Å². The van der Waals surface area contributed by atoms with Crippen LogP contribution in [-0.2, 0) is 10.2 Å². The number of piperidine rings is 1. The van der Waals surface area contributed by atoms with Gasteiger partial charge in [0.25, 0.3) is 5.91 Å². The Morgan fingerprint density at radius 3 is 2.54 bits per heavy atom. The summed E-state index contributed by atoms with van der Waals surface area (Å²) < 4.78 is 21.1. The molecule has 2 atom stereocenters. The lowest BCUT2D eigenvalue weighted by Gasteiger charge is -2.26. The lowest BCUT2D eigenvalue weighted by Crippen LogP contribution is -2.34. The molecule has 180 valence electrons. The number of ether oxygens (including phenoxy) is 4. The molecular weight excluding hydrogens is 456 g/mol. The summed E-state index contributed by atoms with van der Waals surface area (Å²) in [6, 6.07) is 3.49. The highest BCUT2D eigenvalue weighted by atomic mass is 16.5. The number of fused-ring (bicyclic) bond motifs is 2. The fourth-order valence-corrected chi connectivity index (χ4v) is 5.52. The number of allylic oxidation sites excluding steroid dienone is 2. The van der Waals surface area contributed by atoms with Crippen LogP contribution < -0.4 is 14.2 Å². The van der Waals surface area contributed by atoms with Gasteiger partial charge in [-0.3, -0.25) is 9.59 Å². The van der Waals surface area contributed by atoms with Gasteiger partial charge in [0, 0.05) is 23.7 Å². The van der Waals surface area contributed by atoms with Crippen molar-refractivity contribution < 1.29 is 33.3 Å². The second-order valence-corrected chi connectivity index (χ2v) is 8.78. The molecule has 3 aromatic rings. The minimum absolute atomic E-state index is 0.0177. The number of ketones is 1. The fraction of sp³-hybridized carbons (Fsp3) is 0.333. The first-order valence-electron chi connectivity index (χ1n) is 11.0. The third kappa shape index (κ3) is 2.66. The number of imidazole rings is 1. The summed E-state index contributed by atoms with van der Waals surface area (Å²) >= 11 is 0. The van der Waals surface area contributed by atoms with Gasteiger partial charge in [-0.15, -0.1) is 0 Å². The van der Waals surface area contributed by atoms with E-state index in [-0.39, 0.29) is 29.1 Å². The number of aromatic amines is 2. The lowest BCUT2D eigenvalue weighted by molar-refractivity contribution is 0.0587. The van der Waals surface area contributed by atoms with Gasteiger partial charge in [-0.1, -0.05) is 0 Å². The molecule has 0 bridgehead atoms. The van der Waals surface area contributed by atoms with Crippen LogP contribution in [0.4, 0.5) is 0 Å². The quantitative estimate of drug-likeness (QED) is 0.533. The zero-order valence-electron chi connectivity index (χ0n) is 19.5. The number of aromatic nitrogens is 3. The summed E-state index contributed by atoms with van der Waals surface area (Å²) in [6.45, 7) is 0.448. The van der Waals surface area contributed by atoms with Crippen LogP contribution in [0.3, 0.4) is 0 Å². The van der Waals surface area contributed by atoms with E-state index in [1.165, 1.54) is 34.5 Å². The van der Waals surface area contributed by atoms with Gasteiger partial charge in [0.05, 0.1) is 45.1 Å². The average molecular weight is 478 g/mol. The average Bonchev–Trinajstić information content (AvgIpc) is 3.21. The molecule has 3 heterocycles. The molecule has 1 aliphatic heterocycles. The zero-order chi connectivity index (χ0) is 24.6. The maximum atomic E-state index is 13.7. The van der Waals surface area contributed by atoms with Crippen LogP contribution >= 0.6 is 0 Å². The van der Waals surface area contributed by atoms with Gasteiger partial charge < -0.3 is 33.8 Å². The van der Waals surface area contributed by atoms with Gasteiger partial charge in [-0.25, -0.2) is 9.78 Å². The van der Waals surface area contributed by atoms with Crippen molar-refractivity contribution in [1.29, 1.82) is 0 Å². The minimum atomic E-state index is -0.647. The molecule has 35 heavy (non-hydrogen) atoms. The maximum Gasteiger partial charge on any atom is 0.374 e. The number of rotatable bonds is 5. The third-order valence-electron chi connectivity index (χ3n) is 7.18. The molecule has 3 aliphatic rings. The van der Waals surface area contributed by atoms with Crippen molar-refractivity contribution in [3.8, 4) is 17.2 Å². The van der Waals surface area contributed by atoms with Gasteiger partial charge in [0.1, 0.15) is 11.4 Å². The third-order valence-corrected chi connectivity index (χ3v) is 7.18. The molecule has 2 N–H and O–H groups in total. The molecule has 0 radical (unpaired) electrons. The van der Waals surface area contributed by atoms with Crippen LogP contribution in [0, 0.1) is 5.92 Å². The SMILES string of the molecule is COC(=O)c1nc2c([nH]1)[C@@]13C[C@@H]1CN(C(=O)c1cc4cc(OC)c(OC)c(OC)c4[nH]1)C3=CC2=O. The van der Waals surface area contributed by atoms with Crippen molar-refractivity contribution in [2.45, 2.75) is 11.8 Å². The summed E-state index contributed by atoms with van der Waals surface area (Å²) in [5, 5.41) is 0.717. The van der Waals surface area contributed by atoms with E-state index in [0.717, 1.165) is 6.42 Å². The summed E-state index contributed by atoms with van der Waals surface area (Å²) in [5.74, 6) is 0.138. The number of nitrogens with one attached hydrogen (secondary N) is 2. The smallest absolute Gasteiger partial charge is 0.374 e. The van der Waals surface area contributed by atoms with Crippen LogP contribution in [0.2, 0.25) is 0 Å². The number of hydrogen-bond donors (Lipinski definition) is 2. The summed E-state index contributed by atoms with van der Waals surface area (Å²) in [7, 11) is 5.81. The minimum Gasteiger partial charge on any atom is -0.493 e. The Morgan fingerprint density at radius 1 is 1.09 bits per heavy atom. The summed E-state index contributed by atoms with van der Waals surface area (Å²) in [4.78, 5) is 50.5. The van der Waals surface area contributed by atoms with E-state index in [1.807, 2.05) is 0 Å². The predicted molar refractivity (Wildman–Crippen MR) is 121 cm³/mol. The van der Waals surface area contributed by atoms with E-state index < -0.39 is 11.4 Å². The number of likely N-dealkylation sites (tertiary alicyclic amines) is 1. The monoisotopic (exact) mass is 478 g/mol. The molecule has 1 saturated heterocycles. The molecule has 1 aromatic carbocycles. The summed E-state index contributed by atoms with van der Waals surface area (Å²) in [5.41, 5.74) is 1.80. The number of hydrogen-bond acceptors (Lipinski definition) is 8. The van der Waals surface area contributed by atoms with E-state index in [9.17, 15) is 14.4 Å². The van der Waals surface area contributed by atoms with E-state index in [2.05, 4.69) is 15.0 Å². The zero-order valence-corrected chi connectivity index (χ0v) is 19.5. The molecule has 1 spiro atoms. The highest BCUT2D eigenvalue weighted by Gasteiger charge is 2.68. The molecule has 2 fully saturated rings. The molecule has 2 aromatic heterocycles. The van der Waals surface area contributed by atoms with Gasteiger partial charge in [0.2, 0.25) is 17.4 Å². The number of amides is 1. The largest absolute Gasteiger partial charge is 0.493 e. The van der Waals surface area contributed by atoms with Crippen molar-refractivity contribution in [1.82, 2.24) is 19.9 Å². The van der Waals surface area contributed by atoms with Crippen molar-refractivity contribution in [2.24, 2.45) is 5.92 Å². The molecular formula is C24H22N4O7. The highest BCUT2D eigenvalue weighted by Crippen LogP contribution is 2.66. The number of esters is 1. The molecule has 6 rings (SSSR count). The molecule has 1 amide bonds. The van der Waals surface area contributed by atoms with Crippen molar-refractivity contribution in [3.63, 3.8) is 0 Å². The second-order valence-electron chi connectivity index (χ2n) is 8.78.